The van der Waals surface area contributed by atoms with Crippen LogP contribution in [0.25, 0.3) is 0 Å². The highest BCUT2D eigenvalue weighted by atomic mass is 35.5. The third-order valence-corrected chi connectivity index (χ3v) is 4.14. The van der Waals surface area contributed by atoms with Crippen LogP contribution >= 0.6 is 11.6 Å². The summed E-state index contributed by atoms with van der Waals surface area (Å²) >= 11 is 5.70. The van der Waals surface area contributed by atoms with Crippen molar-refractivity contribution in [3.05, 3.63) is 56.2 Å². The van der Waals surface area contributed by atoms with E-state index in [0.717, 1.165) is 0 Å². The first-order valence-electron chi connectivity index (χ1n) is 8.03. The van der Waals surface area contributed by atoms with E-state index in [9.17, 15) is 24.1 Å². The third-order valence-electron chi connectivity index (χ3n) is 3.87. The molecule has 148 valence electrons. The van der Waals surface area contributed by atoms with Crippen LogP contribution < -0.4 is 5.32 Å². The summed E-state index contributed by atoms with van der Waals surface area (Å²) in [5.41, 5.74) is 1.16. The van der Waals surface area contributed by atoms with Crippen molar-refractivity contribution in [2.45, 2.75) is 32.7 Å². The molecule has 2 N–H and O–H groups in total. The highest BCUT2D eigenvalue weighted by Crippen LogP contribution is 2.31. The number of ketones is 1. The number of carboxylic acid groups (broad SMARTS) is 1. The minimum atomic E-state index is -2.61. The molecule has 0 amide bonds. The van der Waals surface area contributed by atoms with E-state index in [1.165, 1.54) is 0 Å². The number of carboxylic acids is 1. The standard InChI is InChI=1S/C17H16ClFN4O5/c1-7(2)11-12(8(3)4-5-20-11)21-16-9(6-10(19)15(18)22-16)14(24)13(17(25)26)23(27)28/h4-7,13H,1-3H3,(H,21,22)(H,25,26). The normalized spacial score (nSPS) is 11.9. The maximum absolute atomic E-state index is 13.9. The Hall–Kier alpha value is -3.14. The number of Topliss-reactive ketones (excluding diaryl/α,β-unsaturated/α-hetero) is 1. The number of hydrogen-bond donors (Lipinski definition) is 2. The Bertz CT molecular complexity index is 953. The second kappa shape index (κ2) is 8.26. The maximum atomic E-state index is 13.9. The summed E-state index contributed by atoms with van der Waals surface area (Å²) in [6, 6.07) is -0.305. The van der Waals surface area contributed by atoms with Crippen molar-refractivity contribution in [3.63, 3.8) is 0 Å². The van der Waals surface area contributed by atoms with E-state index in [4.69, 9.17) is 16.7 Å². The molecular formula is C17H16ClFN4O5. The van der Waals surface area contributed by atoms with Crippen LogP contribution in [-0.2, 0) is 4.79 Å². The molecule has 2 heterocycles. The van der Waals surface area contributed by atoms with Crippen molar-refractivity contribution in [3.8, 4) is 0 Å². The van der Waals surface area contributed by atoms with Crippen molar-refractivity contribution in [2.24, 2.45) is 0 Å². The van der Waals surface area contributed by atoms with Crippen LogP contribution in [0.1, 0.15) is 41.4 Å². The molecule has 1 atom stereocenters. The molecule has 11 heteroatoms. The average molecular weight is 411 g/mol. The van der Waals surface area contributed by atoms with Crippen LogP contribution in [0.3, 0.4) is 0 Å². The lowest BCUT2D eigenvalue weighted by Crippen LogP contribution is -2.38. The number of nitrogens with zero attached hydrogens (tertiary/aromatic N) is 3. The Morgan fingerprint density at radius 3 is 2.57 bits per heavy atom. The number of nitrogens with one attached hydrogen (secondary N) is 1. The number of rotatable bonds is 7. The fraction of sp³-hybridized carbons (Fsp3) is 0.294. The Morgan fingerprint density at radius 2 is 2.04 bits per heavy atom. The smallest absolute Gasteiger partial charge is 0.387 e. The predicted octanol–water partition coefficient (Wildman–Crippen LogP) is 3.36. The van der Waals surface area contributed by atoms with Gasteiger partial charge in [0.1, 0.15) is 5.82 Å². The molecule has 0 aliphatic heterocycles. The van der Waals surface area contributed by atoms with Gasteiger partial charge in [-0.05, 0) is 30.5 Å². The number of carbonyl (C=O) groups excluding carboxylic acids is 1. The molecule has 2 rings (SSSR count). The first-order chi connectivity index (χ1) is 13.0. The fourth-order valence-electron chi connectivity index (χ4n) is 2.49. The van der Waals surface area contributed by atoms with Crippen LogP contribution in [0.5, 0.6) is 0 Å². The van der Waals surface area contributed by atoms with E-state index in [1.54, 1.807) is 19.2 Å². The zero-order valence-electron chi connectivity index (χ0n) is 15.1. The molecule has 2 aromatic rings. The average Bonchev–Trinajstić information content (AvgIpc) is 2.58. The quantitative estimate of drug-likeness (QED) is 0.233. The summed E-state index contributed by atoms with van der Waals surface area (Å²) in [4.78, 5) is 41.4. The van der Waals surface area contributed by atoms with Crippen molar-refractivity contribution >= 4 is 34.9 Å². The second-order valence-corrected chi connectivity index (χ2v) is 6.57. The number of nitro groups is 1. The topological polar surface area (TPSA) is 135 Å². The van der Waals surface area contributed by atoms with Gasteiger partial charge in [-0.2, -0.15) is 0 Å². The van der Waals surface area contributed by atoms with Gasteiger partial charge in [-0.15, -0.1) is 0 Å². The van der Waals surface area contributed by atoms with Crippen LogP contribution in [0.4, 0.5) is 15.9 Å². The van der Waals surface area contributed by atoms with Gasteiger partial charge in [-0.1, -0.05) is 25.4 Å². The molecular weight excluding hydrogens is 395 g/mol. The molecule has 0 saturated heterocycles. The van der Waals surface area contributed by atoms with Crippen molar-refractivity contribution in [1.29, 1.82) is 0 Å². The molecule has 0 aromatic carbocycles. The van der Waals surface area contributed by atoms with Crippen LogP contribution in [0.2, 0.25) is 5.15 Å². The van der Waals surface area contributed by atoms with E-state index >= 15 is 0 Å². The number of aryl methyl sites for hydroxylation is 1. The van der Waals surface area contributed by atoms with Crippen molar-refractivity contribution < 1.29 is 24.0 Å². The molecule has 9 nitrogen and oxygen atoms in total. The molecule has 28 heavy (non-hydrogen) atoms. The molecule has 0 fully saturated rings. The van der Waals surface area contributed by atoms with Crippen LogP contribution in [0, 0.1) is 22.9 Å². The molecule has 0 aliphatic rings. The lowest BCUT2D eigenvalue weighted by atomic mass is 10.0. The largest absolute Gasteiger partial charge is 0.476 e. The van der Waals surface area contributed by atoms with Gasteiger partial charge < -0.3 is 10.4 Å². The van der Waals surface area contributed by atoms with Gasteiger partial charge >= 0.3 is 12.0 Å². The molecule has 2 aromatic heterocycles. The monoisotopic (exact) mass is 410 g/mol. The molecule has 0 bridgehead atoms. The SMILES string of the molecule is Cc1ccnc(C(C)C)c1Nc1nc(Cl)c(F)cc1C(=O)C(C(=O)O)[N+](=O)[O-]. The van der Waals surface area contributed by atoms with Crippen molar-refractivity contribution in [1.82, 2.24) is 9.97 Å². The number of aliphatic carboxylic acids is 1. The summed E-state index contributed by atoms with van der Waals surface area (Å²) in [6.45, 7) is 5.49. The molecule has 0 saturated carbocycles. The minimum absolute atomic E-state index is 0.0389. The first kappa shape index (κ1) is 21.2. The van der Waals surface area contributed by atoms with Gasteiger partial charge in [0.25, 0.3) is 5.78 Å². The summed E-state index contributed by atoms with van der Waals surface area (Å²) in [6.07, 6.45) is 1.58. The summed E-state index contributed by atoms with van der Waals surface area (Å²) in [5, 5.41) is 22.2. The zero-order chi connectivity index (χ0) is 21.2. The number of carbonyl (C=O) groups is 2. The van der Waals surface area contributed by atoms with E-state index in [-0.39, 0.29) is 11.7 Å². The summed E-state index contributed by atoms with van der Waals surface area (Å²) < 4.78 is 13.9. The number of pyridine rings is 2. The lowest BCUT2D eigenvalue weighted by molar-refractivity contribution is -0.493. The minimum Gasteiger partial charge on any atom is -0.476 e. The summed E-state index contributed by atoms with van der Waals surface area (Å²) in [7, 11) is 0. The van der Waals surface area contributed by atoms with Gasteiger partial charge in [0.2, 0.25) is 0 Å². The van der Waals surface area contributed by atoms with Gasteiger partial charge in [0.15, 0.2) is 11.0 Å². The summed E-state index contributed by atoms with van der Waals surface area (Å²) in [5.74, 6) is -4.87. The Balaban J connectivity index is 2.64. The number of hydrogen-bond acceptors (Lipinski definition) is 7. The van der Waals surface area contributed by atoms with Gasteiger partial charge in [0, 0.05) is 11.1 Å². The van der Waals surface area contributed by atoms with Crippen LogP contribution in [-0.4, -0.2) is 37.8 Å². The Kier molecular flexibility index (Phi) is 6.24. The highest BCUT2D eigenvalue weighted by molar-refractivity contribution is 6.30. The lowest BCUT2D eigenvalue weighted by Gasteiger charge is -2.17. The van der Waals surface area contributed by atoms with Crippen LogP contribution in [0.15, 0.2) is 18.3 Å². The third kappa shape index (κ3) is 4.22. The van der Waals surface area contributed by atoms with E-state index in [2.05, 4.69) is 15.3 Å². The van der Waals surface area contributed by atoms with E-state index in [0.29, 0.717) is 23.0 Å². The predicted molar refractivity (Wildman–Crippen MR) is 98.3 cm³/mol. The number of aromatic nitrogens is 2. The van der Waals surface area contributed by atoms with E-state index < -0.39 is 39.3 Å². The molecule has 0 spiro atoms. The fourth-order valence-corrected chi connectivity index (χ4v) is 2.63. The van der Waals surface area contributed by atoms with E-state index in [1.807, 2.05) is 13.8 Å². The van der Waals surface area contributed by atoms with Crippen molar-refractivity contribution in [2.75, 3.05) is 5.32 Å². The second-order valence-electron chi connectivity index (χ2n) is 6.22. The van der Waals surface area contributed by atoms with Gasteiger partial charge in [-0.3, -0.25) is 19.9 Å². The zero-order valence-corrected chi connectivity index (χ0v) is 15.8. The number of halogens is 2. The molecule has 0 aliphatic carbocycles. The maximum Gasteiger partial charge on any atom is 0.387 e. The Labute approximate surface area is 163 Å². The van der Waals surface area contributed by atoms with Gasteiger partial charge in [-0.25, -0.2) is 14.2 Å². The number of anilines is 2. The Morgan fingerprint density at radius 1 is 1.39 bits per heavy atom. The van der Waals surface area contributed by atoms with Gasteiger partial charge in [0.05, 0.1) is 16.9 Å². The molecule has 0 radical (unpaired) electrons. The first-order valence-corrected chi connectivity index (χ1v) is 8.41. The highest BCUT2D eigenvalue weighted by Gasteiger charge is 2.40. The molecule has 1 unspecified atom stereocenters.